The minimum atomic E-state index is 0.662. The van der Waals surface area contributed by atoms with Gasteiger partial charge in [0.05, 0.1) is 6.61 Å². The van der Waals surface area contributed by atoms with Crippen LogP contribution in [-0.4, -0.2) is 47.2 Å². The van der Waals surface area contributed by atoms with Gasteiger partial charge in [0.1, 0.15) is 0 Å². The van der Waals surface area contributed by atoms with Gasteiger partial charge in [-0.15, -0.1) is 0 Å². The van der Waals surface area contributed by atoms with E-state index in [9.17, 15) is 0 Å². The molecule has 1 aliphatic carbocycles. The Bertz CT molecular complexity index is 436. The number of rotatable bonds is 7. The van der Waals surface area contributed by atoms with Gasteiger partial charge in [-0.3, -0.25) is 0 Å². The van der Waals surface area contributed by atoms with Crippen molar-refractivity contribution in [1.82, 2.24) is 14.9 Å². The smallest absolute Gasteiger partial charge is 0.225 e. The third-order valence-electron chi connectivity index (χ3n) is 4.01. The lowest BCUT2D eigenvalue weighted by Crippen LogP contribution is -2.25. The van der Waals surface area contributed by atoms with E-state index < -0.39 is 0 Å². The van der Waals surface area contributed by atoms with E-state index in [1.54, 1.807) is 6.20 Å². The molecule has 2 heterocycles. The van der Waals surface area contributed by atoms with Crippen molar-refractivity contribution in [3.8, 4) is 5.88 Å². The number of likely N-dealkylation sites (tertiary alicyclic amines) is 1. The molecule has 1 aromatic heterocycles. The summed E-state index contributed by atoms with van der Waals surface area (Å²) in [6, 6.07) is 2.70. The molecule has 1 N–H and O–H groups in total. The van der Waals surface area contributed by atoms with Crippen molar-refractivity contribution in [1.29, 1.82) is 0 Å². The van der Waals surface area contributed by atoms with E-state index in [4.69, 9.17) is 4.74 Å². The first-order valence-corrected chi connectivity index (χ1v) is 7.79. The minimum Gasteiger partial charge on any atom is -0.478 e. The van der Waals surface area contributed by atoms with Crippen molar-refractivity contribution >= 4 is 5.95 Å². The lowest BCUT2D eigenvalue weighted by molar-refractivity contribution is 0.305. The van der Waals surface area contributed by atoms with Gasteiger partial charge in [-0.25, -0.2) is 4.98 Å². The van der Waals surface area contributed by atoms with E-state index in [2.05, 4.69) is 27.1 Å². The van der Waals surface area contributed by atoms with Gasteiger partial charge in [-0.1, -0.05) is 6.92 Å². The van der Waals surface area contributed by atoms with Gasteiger partial charge in [0.25, 0.3) is 0 Å². The third kappa shape index (κ3) is 3.60. The highest BCUT2D eigenvalue weighted by Gasteiger charge is 2.34. The highest BCUT2D eigenvalue weighted by Crippen LogP contribution is 2.31. The van der Waals surface area contributed by atoms with Gasteiger partial charge in [-0.05, 0) is 38.1 Å². The molecule has 5 heteroatoms. The Morgan fingerprint density at radius 2 is 2.30 bits per heavy atom. The van der Waals surface area contributed by atoms with E-state index in [0.29, 0.717) is 18.4 Å². The van der Waals surface area contributed by atoms with Gasteiger partial charge in [0, 0.05) is 31.4 Å². The third-order valence-corrected chi connectivity index (χ3v) is 4.01. The minimum absolute atomic E-state index is 0.662. The average molecular weight is 276 g/mol. The second kappa shape index (κ2) is 6.39. The van der Waals surface area contributed by atoms with E-state index in [-0.39, 0.29) is 0 Å². The molecular formula is C15H24N4O. The summed E-state index contributed by atoms with van der Waals surface area (Å²) in [6.45, 7) is 6.24. The molecule has 1 saturated heterocycles. The zero-order valence-electron chi connectivity index (χ0n) is 12.2. The van der Waals surface area contributed by atoms with E-state index in [1.807, 2.05) is 6.07 Å². The maximum atomic E-state index is 5.53. The summed E-state index contributed by atoms with van der Waals surface area (Å²) in [7, 11) is 0. The molecule has 2 aliphatic rings. The highest BCUT2D eigenvalue weighted by atomic mass is 16.5. The van der Waals surface area contributed by atoms with Crippen LogP contribution in [0.2, 0.25) is 0 Å². The molecule has 0 spiro atoms. The number of hydrogen-bond donors (Lipinski definition) is 1. The van der Waals surface area contributed by atoms with Gasteiger partial charge in [-0.2, -0.15) is 4.98 Å². The SMILES string of the molecule is CCCOc1ccnc(NCC2CCN(C3CC3)C2)n1. The predicted molar refractivity (Wildman–Crippen MR) is 79.0 cm³/mol. The Morgan fingerprint density at radius 1 is 1.40 bits per heavy atom. The summed E-state index contributed by atoms with van der Waals surface area (Å²) in [5.74, 6) is 2.07. The van der Waals surface area contributed by atoms with Crippen LogP contribution in [0.25, 0.3) is 0 Å². The van der Waals surface area contributed by atoms with Crippen LogP contribution in [0.3, 0.4) is 0 Å². The highest BCUT2D eigenvalue weighted by molar-refractivity contribution is 5.27. The number of aromatic nitrogens is 2. The first-order valence-electron chi connectivity index (χ1n) is 7.79. The first kappa shape index (κ1) is 13.6. The van der Waals surface area contributed by atoms with Crippen LogP contribution in [0.5, 0.6) is 5.88 Å². The molecule has 1 aromatic rings. The quantitative estimate of drug-likeness (QED) is 0.827. The Balaban J connectivity index is 1.45. The van der Waals surface area contributed by atoms with Crippen LogP contribution in [0.15, 0.2) is 12.3 Å². The maximum absolute atomic E-state index is 5.53. The standard InChI is InChI=1S/C15H24N4O/c1-2-9-20-14-5-7-16-15(18-14)17-10-12-6-8-19(11-12)13-3-4-13/h5,7,12-13H,2-4,6,8-11H2,1H3,(H,16,17,18). The number of ether oxygens (including phenoxy) is 1. The molecule has 20 heavy (non-hydrogen) atoms. The number of anilines is 1. The van der Waals surface area contributed by atoms with E-state index in [1.165, 1.54) is 32.4 Å². The molecule has 1 unspecified atom stereocenters. The number of nitrogens with zero attached hydrogens (tertiary/aromatic N) is 3. The fourth-order valence-electron chi connectivity index (χ4n) is 2.75. The fourth-order valence-corrected chi connectivity index (χ4v) is 2.75. The molecule has 110 valence electrons. The second-order valence-electron chi connectivity index (χ2n) is 5.83. The zero-order chi connectivity index (χ0) is 13.8. The van der Waals surface area contributed by atoms with Crippen LogP contribution in [0.1, 0.15) is 32.6 Å². The van der Waals surface area contributed by atoms with Gasteiger partial charge in [0.2, 0.25) is 11.8 Å². The topological polar surface area (TPSA) is 50.3 Å². The summed E-state index contributed by atoms with van der Waals surface area (Å²) in [5, 5.41) is 3.35. The van der Waals surface area contributed by atoms with Crippen molar-refractivity contribution in [2.45, 2.75) is 38.6 Å². The Morgan fingerprint density at radius 3 is 3.10 bits per heavy atom. The molecule has 0 amide bonds. The molecule has 0 bridgehead atoms. The Hall–Kier alpha value is -1.36. The van der Waals surface area contributed by atoms with Crippen LogP contribution in [0, 0.1) is 5.92 Å². The van der Waals surface area contributed by atoms with Gasteiger partial charge < -0.3 is 15.0 Å². The molecule has 0 aromatic carbocycles. The molecule has 0 radical (unpaired) electrons. The van der Waals surface area contributed by atoms with Gasteiger partial charge in [0.15, 0.2) is 0 Å². The van der Waals surface area contributed by atoms with E-state index in [0.717, 1.165) is 24.9 Å². The maximum Gasteiger partial charge on any atom is 0.225 e. The van der Waals surface area contributed by atoms with Crippen molar-refractivity contribution in [2.24, 2.45) is 5.92 Å². The lowest BCUT2D eigenvalue weighted by atomic mass is 10.1. The van der Waals surface area contributed by atoms with Crippen LogP contribution in [0.4, 0.5) is 5.95 Å². The fraction of sp³-hybridized carbons (Fsp3) is 0.733. The summed E-state index contributed by atoms with van der Waals surface area (Å²) in [4.78, 5) is 11.3. The van der Waals surface area contributed by atoms with Crippen molar-refractivity contribution < 1.29 is 4.74 Å². The molecular weight excluding hydrogens is 252 g/mol. The van der Waals surface area contributed by atoms with Crippen molar-refractivity contribution in [2.75, 3.05) is 31.6 Å². The molecule has 5 nitrogen and oxygen atoms in total. The predicted octanol–water partition coefficient (Wildman–Crippen LogP) is 2.16. The number of hydrogen-bond acceptors (Lipinski definition) is 5. The van der Waals surface area contributed by atoms with Crippen LogP contribution in [-0.2, 0) is 0 Å². The molecule has 1 aliphatic heterocycles. The van der Waals surface area contributed by atoms with E-state index >= 15 is 0 Å². The molecule has 3 rings (SSSR count). The van der Waals surface area contributed by atoms with Crippen LogP contribution < -0.4 is 10.1 Å². The summed E-state index contributed by atoms with van der Waals surface area (Å²) in [6.07, 6.45) is 6.84. The molecule has 2 fully saturated rings. The summed E-state index contributed by atoms with van der Waals surface area (Å²) < 4.78 is 5.53. The Kier molecular flexibility index (Phi) is 4.35. The Labute approximate surface area is 120 Å². The lowest BCUT2D eigenvalue weighted by Gasteiger charge is -2.15. The average Bonchev–Trinajstić information content (AvgIpc) is 3.22. The van der Waals surface area contributed by atoms with Crippen LogP contribution >= 0.6 is 0 Å². The first-order chi connectivity index (χ1) is 9.85. The summed E-state index contributed by atoms with van der Waals surface area (Å²) >= 11 is 0. The largest absolute Gasteiger partial charge is 0.478 e. The van der Waals surface area contributed by atoms with Crippen molar-refractivity contribution in [3.63, 3.8) is 0 Å². The van der Waals surface area contributed by atoms with Gasteiger partial charge >= 0.3 is 0 Å². The summed E-state index contributed by atoms with van der Waals surface area (Å²) in [5.41, 5.74) is 0. The monoisotopic (exact) mass is 276 g/mol. The van der Waals surface area contributed by atoms with Crippen molar-refractivity contribution in [3.05, 3.63) is 12.3 Å². The molecule has 1 atom stereocenters. The molecule has 1 saturated carbocycles. The number of nitrogens with one attached hydrogen (secondary N) is 1. The normalized spacial score (nSPS) is 22.9. The second-order valence-corrected chi connectivity index (χ2v) is 5.83. The zero-order valence-corrected chi connectivity index (χ0v) is 12.2.